The smallest absolute Gasteiger partial charge is 0.261 e. The number of aliphatic hydroxyl groups excluding tert-OH is 1. The number of amides is 2. The van der Waals surface area contributed by atoms with Gasteiger partial charge in [-0.05, 0) is 17.9 Å². The Hall–Kier alpha value is -1.40. The fourth-order valence-corrected chi connectivity index (χ4v) is 2.37. The predicted molar refractivity (Wildman–Crippen MR) is 63.9 cm³/mol. The van der Waals surface area contributed by atoms with Crippen molar-refractivity contribution in [2.75, 3.05) is 19.6 Å². The van der Waals surface area contributed by atoms with Crippen molar-refractivity contribution in [2.24, 2.45) is 0 Å². The minimum Gasteiger partial charge on any atom is -0.391 e. The van der Waals surface area contributed by atoms with Gasteiger partial charge in [0.1, 0.15) is 0 Å². The number of aliphatic hydroxyl groups is 1. The van der Waals surface area contributed by atoms with Crippen LogP contribution in [0.15, 0.2) is 17.5 Å². The highest BCUT2D eigenvalue weighted by atomic mass is 32.1. The third kappa shape index (κ3) is 3.04. The molecule has 0 radical (unpaired) electrons. The summed E-state index contributed by atoms with van der Waals surface area (Å²) in [4.78, 5) is 25.4. The van der Waals surface area contributed by atoms with Crippen LogP contribution in [0.3, 0.4) is 0 Å². The first-order chi connectivity index (χ1) is 8.16. The molecule has 17 heavy (non-hydrogen) atoms. The van der Waals surface area contributed by atoms with Gasteiger partial charge in [0.15, 0.2) is 0 Å². The standard InChI is InChI=1S/C11H14N2O3S/c14-8-3-4-13(7-8)10(15)6-12-11(16)9-2-1-5-17-9/h1-2,5,8,14H,3-4,6-7H2,(H,12,16). The molecule has 0 bridgehead atoms. The Balaban J connectivity index is 1.78. The van der Waals surface area contributed by atoms with Gasteiger partial charge in [0.05, 0.1) is 17.5 Å². The van der Waals surface area contributed by atoms with Gasteiger partial charge in [0.2, 0.25) is 5.91 Å². The monoisotopic (exact) mass is 254 g/mol. The van der Waals surface area contributed by atoms with Gasteiger partial charge in [0.25, 0.3) is 5.91 Å². The molecule has 1 aromatic rings. The molecule has 6 heteroatoms. The highest BCUT2D eigenvalue weighted by molar-refractivity contribution is 7.12. The maximum Gasteiger partial charge on any atom is 0.261 e. The first-order valence-electron chi connectivity index (χ1n) is 5.44. The molecule has 2 N–H and O–H groups in total. The number of likely N-dealkylation sites (tertiary alicyclic amines) is 1. The summed E-state index contributed by atoms with van der Waals surface area (Å²) in [5.41, 5.74) is 0. The molecule has 5 nitrogen and oxygen atoms in total. The second-order valence-corrected chi connectivity index (χ2v) is 4.89. The number of hydrogen-bond donors (Lipinski definition) is 2. The topological polar surface area (TPSA) is 69.6 Å². The van der Waals surface area contributed by atoms with Crippen molar-refractivity contribution >= 4 is 23.2 Å². The second-order valence-electron chi connectivity index (χ2n) is 3.94. The lowest BCUT2D eigenvalue weighted by Crippen LogP contribution is -2.39. The lowest BCUT2D eigenvalue weighted by Gasteiger charge is -2.15. The fraction of sp³-hybridized carbons (Fsp3) is 0.455. The number of hydrogen-bond acceptors (Lipinski definition) is 4. The van der Waals surface area contributed by atoms with E-state index in [1.54, 1.807) is 17.0 Å². The van der Waals surface area contributed by atoms with E-state index >= 15 is 0 Å². The number of rotatable bonds is 3. The third-order valence-corrected chi connectivity index (χ3v) is 3.53. The number of carbonyl (C=O) groups excluding carboxylic acids is 2. The van der Waals surface area contributed by atoms with Gasteiger partial charge in [-0.25, -0.2) is 0 Å². The van der Waals surface area contributed by atoms with Gasteiger partial charge in [-0.15, -0.1) is 11.3 Å². The molecule has 2 heterocycles. The Morgan fingerprint density at radius 2 is 2.41 bits per heavy atom. The van der Waals surface area contributed by atoms with Crippen LogP contribution in [-0.4, -0.2) is 47.6 Å². The quantitative estimate of drug-likeness (QED) is 0.802. The summed E-state index contributed by atoms with van der Waals surface area (Å²) in [5.74, 6) is -0.375. The normalized spacial score (nSPS) is 19.4. The van der Waals surface area contributed by atoms with Crippen molar-refractivity contribution in [3.8, 4) is 0 Å². The summed E-state index contributed by atoms with van der Waals surface area (Å²) >= 11 is 1.34. The third-order valence-electron chi connectivity index (χ3n) is 2.66. The van der Waals surface area contributed by atoms with E-state index in [1.807, 2.05) is 5.38 Å². The molecule has 92 valence electrons. The van der Waals surface area contributed by atoms with Gasteiger partial charge in [-0.1, -0.05) is 6.07 Å². The summed E-state index contributed by atoms with van der Waals surface area (Å²) in [7, 11) is 0. The molecule has 0 aliphatic carbocycles. The summed E-state index contributed by atoms with van der Waals surface area (Å²) in [5, 5.41) is 13.7. The molecule has 1 saturated heterocycles. The minimum absolute atomic E-state index is 0.0105. The zero-order valence-corrected chi connectivity index (χ0v) is 10.1. The zero-order chi connectivity index (χ0) is 12.3. The van der Waals surface area contributed by atoms with Crippen LogP contribution in [0.25, 0.3) is 0 Å². The van der Waals surface area contributed by atoms with Crippen LogP contribution in [-0.2, 0) is 4.79 Å². The zero-order valence-electron chi connectivity index (χ0n) is 9.26. The van der Waals surface area contributed by atoms with Gasteiger partial charge in [-0.2, -0.15) is 0 Å². The molecule has 2 rings (SSSR count). The fourth-order valence-electron chi connectivity index (χ4n) is 1.73. The van der Waals surface area contributed by atoms with Gasteiger partial charge < -0.3 is 15.3 Å². The van der Waals surface area contributed by atoms with E-state index in [1.165, 1.54) is 11.3 Å². The van der Waals surface area contributed by atoms with E-state index in [9.17, 15) is 14.7 Å². The summed E-state index contributed by atoms with van der Waals surface area (Å²) < 4.78 is 0. The van der Waals surface area contributed by atoms with Crippen LogP contribution in [0.4, 0.5) is 0 Å². The molecule has 0 saturated carbocycles. The van der Waals surface area contributed by atoms with Gasteiger partial charge >= 0.3 is 0 Å². The number of nitrogens with one attached hydrogen (secondary N) is 1. The van der Waals surface area contributed by atoms with Crippen LogP contribution in [0, 0.1) is 0 Å². The average Bonchev–Trinajstić information content (AvgIpc) is 2.95. The molecule has 0 aromatic carbocycles. The van der Waals surface area contributed by atoms with E-state index in [2.05, 4.69) is 5.32 Å². The Labute approximate surface area is 103 Å². The molecule has 1 unspecified atom stereocenters. The SMILES string of the molecule is O=C(NCC(=O)N1CCC(O)C1)c1cccs1. The molecule has 1 atom stereocenters. The Morgan fingerprint density at radius 1 is 1.59 bits per heavy atom. The van der Waals surface area contributed by atoms with Crippen LogP contribution < -0.4 is 5.32 Å². The van der Waals surface area contributed by atoms with Gasteiger partial charge in [0, 0.05) is 13.1 Å². The number of nitrogens with zero attached hydrogens (tertiary/aromatic N) is 1. The predicted octanol–water partition coefficient (Wildman–Crippen LogP) is 0.0711. The van der Waals surface area contributed by atoms with E-state index in [4.69, 9.17) is 0 Å². The maximum absolute atomic E-state index is 11.7. The van der Waals surface area contributed by atoms with E-state index in [0.717, 1.165) is 0 Å². The lowest BCUT2D eigenvalue weighted by molar-refractivity contribution is -0.129. The van der Waals surface area contributed by atoms with Crippen molar-refractivity contribution < 1.29 is 14.7 Å². The Kier molecular flexibility index (Phi) is 3.75. The van der Waals surface area contributed by atoms with Gasteiger partial charge in [-0.3, -0.25) is 9.59 Å². The molecular formula is C11H14N2O3S. The Morgan fingerprint density at radius 3 is 3.00 bits per heavy atom. The van der Waals surface area contributed by atoms with Crippen LogP contribution >= 0.6 is 11.3 Å². The first-order valence-corrected chi connectivity index (χ1v) is 6.32. The number of carbonyl (C=O) groups is 2. The van der Waals surface area contributed by atoms with Crippen molar-refractivity contribution in [1.82, 2.24) is 10.2 Å². The molecule has 0 spiro atoms. The molecule has 1 aliphatic rings. The minimum atomic E-state index is -0.424. The highest BCUT2D eigenvalue weighted by Gasteiger charge is 2.24. The summed E-state index contributed by atoms with van der Waals surface area (Å²) in [6.45, 7) is 0.923. The van der Waals surface area contributed by atoms with Crippen molar-refractivity contribution in [3.05, 3.63) is 22.4 Å². The molecular weight excluding hydrogens is 240 g/mol. The van der Waals surface area contributed by atoms with Crippen LogP contribution in [0.5, 0.6) is 0 Å². The van der Waals surface area contributed by atoms with E-state index < -0.39 is 6.10 Å². The Bertz CT molecular complexity index is 405. The van der Waals surface area contributed by atoms with Crippen LogP contribution in [0.1, 0.15) is 16.1 Å². The molecule has 1 fully saturated rings. The highest BCUT2D eigenvalue weighted by Crippen LogP contribution is 2.09. The van der Waals surface area contributed by atoms with Crippen LogP contribution in [0.2, 0.25) is 0 Å². The molecule has 1 aliphatic heterocycles. The van der Waals surface area contributed by atoms with E-state index in [0.29, 0.717) is 24.4 Å². The number of β-amino-alcohol motifs (C(OH)–C–C–N with tert-alkyl or cyclic N) is 1. The average molecular weight is 254 g/mol. The summed E-state index contributed by atoms with van der Waals surface area (Å²) in [6.07, 6.45) is 0.192. The van der Waals surface area contributed by atoms with Crippen molar-refractivity contribution in [1.29, 1.82) is 0 Å². The maximum atomic E-state index is 11.7. The second kappa shape index (κ2) is 5.29. The van der Waals surface area contributed by atoms with Crippen molar-refractivity contribution in [2.45, 2.75) is 12.5 Å². The summed E-state index contributed by atoms with van der Waals surface area (Å²) in [6, 6.07) is 3.50. The molecule has 2 amide bonds. The lowest BCUT2D eigenvalue weighted by atomic mass is 10.3. The number of thiophene rings is 1. The molecule has 1 aromatic heterocycles. The largest absolute Gasteiger partial charge is 0.391 e. The van der Waals surface area contributed by atoms with E-state index in [-0.39, 0.29) is 18.4 Å². The first kappa shape index (κ1) is 12.1. The van der Waals surface area contributed by atoms with Crippen molar-refractivity contribution in [3.63, 3.8) is 0 Å².